The molecule has 1 saturated heterocycles. The molecule has 1 fully saturated rings. The second kappa shape index (κ2) is 7.44. The minimum absolute atomic E-state index is 0.0809. The molecule has 2 aromatic heterocycles. The number of rotatable bonds is 6. The lowest BCUT2D eigenvalue weighted by Gasteiger charge is -2.16. The van der Waals surface area contributed by atoms with Crippen LogP contribution < -0.4 is 5.32 Å². The van der Waals surface area contributed by atoms with Gasteiger partial charge in [-0.15, -0.1) is 0 Å². The van der Waals surface area contributed by atoms with Gasteiger partial charge in [-0.25, -0.2) is 9.97 Å². The van der Waals surface area contributed by atoms with Crippen LogP contribution in [0.2, 0.25) is 0 Å². The normalized spacial score (nSPS) is 18.0. The molecule has 0 aromatic carbocycles. The van der Waals surface area contributed by atoms with Crippen LogP contribution >= 0.6 is 0 Å². The van der Waals surface area contributed by atoms with Crippen molar-refractivity contribution in [2.45, 2.75) is 26.4 Å². The highest BCUT2D eigenvalue weighted by molar-refractivity contribution is 5.94. The molecular formula is C17H23N5O2. The molecule has 3 heterocycles. The highest BCUT2D eigenvalue weighted by Gasteiger charge is 2.24. The Labute approximate surface area is 141 Å². The van der Waals surface area contributed by atoms with Crippen LogP contribution in [-0.4, -0.2) is 50.1 Å². The monoisotopic (exact) mass is 329 g/mol. The summed E-state index contributed by atoms with van der Waals surface area (Å²) in [5.41, 5.74) is 0.0809. The largest absolute Gasteiger partial charge is 0.505 e. The predicted octanol–water partition coefficient (Wildman–Crippen LogP) is 1.26. The highest BCUT2D eigenvalue weighted by atomic mass is 16.3. The van der Waals surface area contributed by atoms with Gasteiger partial charge in [0.15, 0.2) is 5.69 Å². The highest BCUT2D eigenvalue weighted by Crippen LogP contribution is 2.18. The summed E-state index contributed by atoms with van der Waals surface area (Å²) < 4.78 is 2.15. The molecule has 24 heavy (non-hydrogen) atoms. The molecule has 2 aromatic rings. The number of carbonyl (C=O) groups is 1. The molecule has 128 valence electrons. The number of aromatic hydroxyl groups is 1. The summed E-state index contributed by atoms with van der Waals surface area (Å²) in [6, 6.07) is 3.07. The minimum atomic E-state index is -0.326. The Morgan fingerprint density at radius 2 is 2.29 bits per heavy atom. The average molecular weight is 329 g/mol. The minimum Gasteiger partial charge on any atom is -0.505 e. The Hall–Kier alpha value is -2.41. The van der Waals surface area contributed by atoms with Crippen LogP contribution in [0.5, 0.6) is 5.75 Å². The van der Waals surface area contributed by atoms with E-state index in [0.29, 0.717) is 12.5 Å². The van der Waals surface area contributed by atoms with Crippen LogP contribution in [0.25, 0.3) is 0 Å². The maximum absolute atomic E-state index is 12.1. The van der Waals surface area contributed by atoms with Crippen LogP contribution in [0.4, 0.5) is 0 Å². The Kier molecular flexibility index (Phi) is 5.10. The van der Waals surface area contributed by atoms with E-state index in [1.54, 1.807) is 6.07 Å². The number of hydrogen-bond donors (Lipinski definition) is 2. The predicted molar refractivity (Wildman–Crippen MR) is 89.5 cm³/mol. The maximum Gasteiger partial charge on any atom is 0.273 e. The molecule has 7 heteroatoms. The molecule has 0 spiro atoms. The zero-order valence-electron chi connectivity index (χ0n) is 13.9. The number of carbonyl (C=O) groups excluding carboxylic acids is 1. The summed E-state index contributed by atoms with van der Waals surface area (Å²) >= 11 is 0. The number of nitrogens with one attached hydrogen (secondary N) is 1. The first-order valence-electron chi connectivity index (χ1n) is 8.32. The van der Waals surface area contributed by atoms with Crippen molar-refractivity contribution in [3.63, 3.8) is 0 Å². The number of aryl methyl sites for hydroxylation is 1. The van der Waals surface area contributed by atoms with E-state index < -0.39 is 0 Å². The fourth-order valence-corrected chi connectivity index (χ4v) is 3.10. The van der Waals surface area contributed by atoms with Crippen LogP contribution in [0.3, 0.4) is 0 Å². The molecule has 0 aliphatic carbocycles. The summed E-state index contributed by atoms with van der Waals surface area (Å²) in [6.45, 7) is 6.41. The van der Waals surface area contributed by atoms with Crippen molar-refractivity contribution in [3.8, 4) is 5.75 Å². The van der Waals surface area contributed by atoms with Gasteiger partial charge in [0.1, 0.15) is 11.6 Å². The Morgan fingerprint density at radius 1 is 1.42 bits per heavy atom. The maximum atomic E-state index is 12.1. The molecule has 2 N–H and O–H groups in total. The van der Waals surface area contributed by atoms with Crippen molar-refractivity contribution in [2.24, 2.45) is 5.92 Å². The van der Waals surface area contributed by atoms with Crippen LogP contribution in [-0.2, 0) is 13.1 Å². The third-order valence-corrected chi connectivity index (χ3v) is 4.43. The van der Waals surface area contributed by atoms with E-state index in [0.717, 1.165) is 38.4 Å². The molecule has 1 aliphatic heterocycles. The van der Waals surface area contributed by atoms with Gasteiger partial charge in [-0.2, -0.15) is 0 Å². The van der Waals surface area contributed by atoms with E-state index >= 15 is 0 Å². The molecule has 0 saturated carbocycles. The number of likely N-dealkylation sites (tertiary alicyclic amines) is 1. The molecule has 1 aliphatic rings. The number of amides is 1. The molecule has 0 bridgehead atoms. The first kappa shape index (κ1) is 16.4. The number of aromatic nitrogens is 3. The van der Waals surface area contributed by atoms with E-state index in [1.807, 2.05) is 12.4 Å². The first-order valence-corrected chi connectivity index (χ1v) is 8.32. The Morgan fingerprint density at radius 3 is 3.08 bits per heavy atom. The number of imidazole rings is 1. The fourth-order valence-electron chi connectivity index (χ4n) is 3.10. The van der Waals surface area contributed by atoms with Crippen molar-refractivity contribution < 1.29 is 9.90 Å². The van der Waals surface area contributed by atoms with Gasteiger partial charge in [0.25, 0.3) is 5.91 Å². The number of hydrogen-bond acceptors (Lipinski definition) is 5. The SMILES string of the molecule is CCn1ccnc1CN1CC[C@H](CNC(=O)c2ncccc2O)C1. The van der Waals surface area contributed by atoms with Crippen molar-refractivity contribution >= 4 is 5.91 Å². The molecule has 0 radical (unpaired) electrons. The van der Waals surface area contributed by atoms with E-state index in [1.165, 1.54) is 12.3 Å². The van der Waals surface area contributed by atoms with E-state index in [-0.39, 0.29) is 17.4 Å². The standard InChI is InChI=1S/C17H23N5O2/c1-2-22-9-7-18-15(22)12-21-8-5-13(11-21)10-20-17(24)16-14(23)4-3-6-19-16/h3-4,6-7,9,13,23H,2,5,8,10-12H2,1H3,(H,20,24)/t13-/m1/s1. The second-order valence-corrected chi connectivity index (χ2v) is 6.10. The van der Waals surface area contributed by atoms with Gasteiger partial charge in [-0.05, 0) is 37.9 Å². The third kappa shape index (κ3) is 3.73. The number of pyridine rings is 1. The van der Waals surface area contributed by atoms with Crippen molar-refractivity contribution in [1.82, 2.24) is 24.8 Å². The van der Waals surface area contributed by atoms with Gasteiger partial charge in [0.2, 0.25) is 0 Å². The van der Waals surface area contributed by atoms with Crippen LogP contribution in [0, 0.1) is 5.92 Å². The lowest BCUT2D eigenvalue weighted by molar-refractivity contribution is 0.0939. The van der Waals surface area contributed by atoms with Crippen molar-refractivity contribution in [1.29, 1.82) is 0 Å². The summed E-state index contributed by atoms with van der Waals surface area (Å²) in [5.74, 6) is 1.08. The number of nitrogens with zero attached hydrogens (tertiary/aromatic N) is 4. The fraction of sp³-hybridized carbons (Fsp3) is 0.471. The van der Waals surface area contributed by atoms with Gasteiger partial charge in [-0.1, -0.05) is 0 Å². The zero-order chi connectivity index (χ0) is 16.9. The Balaban J connectivity index is 1.48. The van der Waals surface area contributed by atoms with Gasteiger partial charge in [-0.3, -0.25) is 9.69 Å². The van der Waals surface area contributed by atoms with Gasteiger partial charge in [0.05, 0.1) is 6.54 Å². The van der Waals surface area contributed by atoms with Gasteiger partial charge < -0.3 is 15.0 Å². The van der Waals surface area contributed by atoms with E-state index in [4.69, 9.17) is 0 Å². The molecule has 7 nitrogen and oxygen atoms in total. The van der Waals surface area contributed by atoms with Crippen LogP contribution in [0.15, 0.2) is 30.7 Å². The average Bonchev–Trinajstić information content (AvgIpc) is 3.22. The van der Waals surface area contributed by atoms with E-state index in [2.05, 4.69) is 31.7 Å². The molecule has 0 unspecified atom stereocenters. The summed E-state index contributed by atoms with van der Waals surface area (Å²) in [6.07, 6.45) is 6.39. The molecule has 3 rings (SSSR count). The first-order chi connectivity index (χ1) is 11.7. The van der Waals surface area contributed by atoms with Crippen molar-refractivity contribution in [3.05, 3.63) is 42.2 Å². The lowest BCUT2D eigenvalue weighted by atomic mass is 10.1. The van der Waals surface area contributed by atoms with Gasteiger partial charge >= 0.3 is 0 Å². The lowest BCUT2D eigenvalue weighted by Crippen LogP contribution is -2.31. The summed E-state index contributed by atoms with van der Waals surface area (Å²) in [7, 11) is 0. The zero-order valence-corrected chi connectivity index (χ0v) is 13.9. The molecule has 1 amide bonds. The summed E-state index contributed by atoms with van der Waals surface area (Å²) in [5, 5.41) is 12.5. The Bertz CT molecular complexity index is 700. The van der Waals surface area contributed by atoms with Gasteiger partial charge in [0, 0.05) is 38.2 Å². The molecular weight excluding hydrogens is 306 g/mol. The van der Waals surface area contributed by atoms with Crippen molar-refractivity contribution in [2.75, 3.05) is 19.6 Å². The molecule has 1 atom stereocenters. The third-order valence-electron chi connectivity index (χ3n) is 4.43. The van der Waals surface area contributed by atoms with Crippen LogP contribution in [0.1, 0.15) is 29.7 Å². The van der Waals surface area contributed by atoms with E-state index in [9.17, 15) is 9.90 Å². The quantitative estimate of drug-likeness (QED) is 0.833. The second-order valence-electron chi connectivity index (χ2n) is 6.10. The topological polar surface area (TPSA) is 83.3 Å². The summed E-state index contributed by atoms with van der Waals surface area (Å²) in [4.78, 5) is 22.8. The smallest absolute Gasteiger partial charge is 0.273 e.